The zero-order valence-electron chi connectivity index (χ0n) is 24.5. The van der Waals surface area contributed by atoms with Crippen LogP contribution in [0.4, 0.5) is 0 Å². The Bertz CT molecular complexity index is 733. The summed E-state index contributed by atoms with van der Waals surface area (Å²) in [6.45, 7) is 12.3. The first-order chi connectivity index (χ1) is 17.7. The van der Waals surface area contributed by atoms with Crippen LogP contribution in [0.2, 0.25) is 0 Å². The van der Waals surface area contributed by atoms with Gasteiger partial charge in [0.1, 0.15) is 6.54 Å². The highest BCUT2D eigenvalue weighted by Gasteiger charge is 2.27. The topological polar surface area (TPSA) is 0 Å². The lowest BCUT2D eigenvalue weighted by atomic mass is 10.0. The molecule has 1 nitrogen and oxygen atoms in total. The van der Waals surface area contributed by atoms with Gasteiger partial charge in [0, 0.05) is 5.56 Å². The number of quaternary nitrogens is 1. The Balaban J connectivity index is 2.13. The van der Waals surface area contributed by atoms with E-state index in [0.29, 0.717) is 0 Å². The molecular weight excluding hydrogens is 434 g/mol. The number of benzene rings is 2. The quantitative estimate of drug-likeness (QED) is 0.106. The smallest absolute Gasteiger partial charge is 0.105 e. The molecule has 0 bridgehead atoms. The van der Waals surface area contributed by atoms with Crippen molar-refractivity contribution in [1.29, 1.82) is 0 Å². The normalized spacial score (nSPS) is 12.0. The van der Waals surface area contributed by atoms with Crippen LogP contribution in [0.1, 0.15) is 142 Å². The zero-order valence-corrected chi connectivity index (χ0v) is 24.5. The van der Waals surface area contributed by atoms with Gasteiger partial charge in [-0.25, -0.2) is 0 Å². The third kappa shape index (κ3) is 12.3. The molecule has 0 N–H and O–H groups in total. The van der Waals surface area contributed by atoms with Crippen molar-refractivity contribution in [3.63, 3.8) is 0 Å². The van der Waals surface area contributed by atoms with Gasteiger partial charge in [-0.05, 0) is 49.3 Å². The molecule has 0 aromatic heterocycles. The van der Waals surface area contributed by atoms with Crippen LogP contribution >= 0.6 is 0 Å². The Morgan fingerprint density at radius 2 is 0.861 bits per heavy atom. The van der Waals surface area contributed by atoms with Gasteiger partial charge in [-0.3, -0.25) is 0 Å². The molecule has 0 saturated carbocycles. The van der Waals surface area contributed by atoms with Crippen molar-refractivity contribution < 1.29 is 4.48 Å². The van der Waals surface area contributed by atoms with Gasteiger partial charge in [0.25, 0.3) is 0 Å². The maximum Gasteiger partial charge on any atom is 0.105 e. The van der Waals surface area contributed by atoms with Gasteiger partial charge in [-0.15, -0.1) is 0 Å². The molecule has 0 aliphatic rings. The Hall–Kier alpha value is -1.34. The standard InChI is InChI=1S/C35H60N/c1-4-7-10-13-16-21-29-36(30-22-17-14-11-8-5-2,31-23-18-15-12-9-6-3)32-34-27-24-26-33-25-19-20-28-35(33)34/h19-20,24-28H,4-18,21-23,29-32H2,1-3H3/q+1. The Labute approximate surface area is 225 Å². The molecular formula is C35H60N+. The lowest BCUT2D eigenvalue weighted by Crippen LogP contribution is -2.49. The van der Waals surface area contributed by atoms with Crippen LogP contribution in [0.15, 0.2) is 42.5 Å². The fraction of sp³-hybridized carbons (Fsp3) is 0.714. The van der Waals surface area contributed by atoms with Crippen molar-refractivity contribution in [3.05, 3.63) is 48.0 Å². The van der Waals surface area contributed by atoms with Gasteiger partial charge in [0.2, 0.25) is 0 Å². The summed E-state index contributed by atoms with van der Waals surface area (Å²) in [6.07, 6.45) is 25.3. The second-order valence-electron chi connectivity index (χ2n) is 11.6. The van der Waals surface area contributed by atoms with Crippen LogP contribution in [0.5, 0.6) is 0 Å². The molecule has 0 aliphatic carbocycles. The molecule has 0 amide bonds. The Kier molecular flexibility index (Phi) is 16.9. The first kappa shape index (κ1) is 30.9. The van der Waals surface area contributed by atoms with E-state index < -0.39 is 0 Å². The molecule has 0 radical (unpaired) electrons. The molecule has 204 valence electrons. The van der Waals surface area contributed by atoms with E-state index in [9.17, 15) is 0 Å². The molecule has 2 aromatic carbocycles. The molecule has 0 fully saturated rings. The van der Waals surface area contributed by atoms with Gasteiger partial charge < -0.3 is 4.48 Å². The lowest BCUT2D eigenvalue weighted by molar-refractivity contribution is -0.941. The van der Waals surface area contributed by atoms with Gasteiger partial charge in [-0.2, -0.15) is 0 Å². The highest BCUT2D eigenvalue weighted by atomic mass is 15.3. The maximum absolute atomic E-state index is 2.43. The van der Waals surface area contributed by atoms with Crippen molar-refractivity contribution >= 4 is 10.8 Å². The van der Waals surface area contributed by atoms with E-state index in [1.54, 1.807) is 5.56 Å². The van der Waals surface area contributed by atoms with E-state index in [2.05, 4.69) is 63.2 Å². The molecule has 0 unspecified atom stereocenters. The number of unbranched alkanes of at least 4 members (excludes halogenated alkanes) is 15. The van der Waals surface area contributed by atoms with Crippen LogP contribution in [0, 0.1) is 0 Å². The molecule has 2 rings (SSSR count). The first-order valence-electron chi connectivity index (χ1n) is 16.1. The third-order valence-electron chi connectivity index (χ3n) is 8.34. The summed E-state index contributed by atoms with van der Waals surface area (Å²) in [7, 11) is 0. The molecule has 0 saturated heterocycles. The number of nitrogens with zero attached hydrogens (tertiary/aromatic N) is 1. The third-order valence-corrected chi connectivity index (χ3v) is 8.34. The minimum Gasteiger partial charge on any atom is -0.320 e. The zero-order chi connectivity index (χ0) is 25.7. The van der Waals surface area contributed by atoms with Gasteiger partial charge >= 0.3 is 0 Å². The van der Waals surface area contributed by atoms with E-state index in [0.717, 1.165) is 0 Å². The predicted octanol–water partition coefficient (Wildman–Crippen LogP) is 11.2. The monoisotopic (exact) mass is 494 g/mol. The summed E-state index contributed by atoms with van der Waals surface area (Å²) in [5, 5.41) is 2.89. The number of hydrogen-bond donors (Lipinski definition) is 0. The Morgan fingerprint density at radius 1 is 0.444 bits per heavy atom. The summed E-state index contributed by atoms with van der Waals surface area (Å²) in [5.41, 5.74) is 1.58. The Morgan fingerprint density at radius 3 is 1.36 bits per heavy atom. The van der Waals surface area contributed by atoms with Crippen molar-refractivity contribution in [3.8, 4) is 0 Å². The van der Waals surface area contributed by atoms with Crippen LogP contribution < -0.4 is 0 Å². The van der Waals surface area contributed by atoms with Gasteiger partial charge in [-0.1, -0.05) is 140 Å². The maximum atomic E-state index is 2.43. The van der Waals surface area contributed by atoms with E-state index in [-0.39, 0.29) is 0 Å². The largest absolute Gasteiger partial charge is 0.320 e. The summed E-state index contributed by atoms with van der Waals surface area (Å²) in [4.78, 5) is 0. The average Bonchev–Trinajstić information content (AvgIpc) is 2.90. The van der Waals surface area contributed by atoms with Gasteiger partial charge in [0.05, 0.1) is 19.6 Å². The highest BCUT2D eigenvalue weighted by Crippen LogP contribution is 2.26. The van der Waals surface area contributed by atoms with E-state index in [1.165, 1.54) is 157 Å². The second kappa shape index (κ2) is 19.7. The first-order valence-corrected chi connectivity index (χ1v) is 16.1. The number of fused-ring (bicyclic) bond motifs is 1. The second-order valence-corrected chi connectivity index (χ2v) is 11.6. The molecule has 0 aliphatic heterocycles. The fourth-order valence-electron chi connectivity index (χ4n) is 6.05. The highest BCUT2D eigenvalue weighted by molar-refractivity contribution is 5.85. The lowest BCUT2D eigenvalue weighted by Gasteiger charge is -2.40. The summed E-state index contributed by atoms with van der Waals surface area (Å²) in [5.74, 6) is 0. The molecule has 0 atom stereocenters. The average molecular weight is 495 g/mol. The van der Waals surface area contributed by atoms with E-state index in [1.807, 2.05) is 0 Å². The number of rotatable bonds is 23. The molecule has 1 heteroatoms. The fourth-order valence-corrected chi connectivity index (χ4v) is 6.05. The predicted molar refractivity (Wildman–Crippen MR) is 163 cm³/mol. The van der Waals surface area contributed by atoms with Crippen LogP contribution in [-0.4, -0.2) is 24.1 Å². The van der Waals surface area contributed by atoms with Gasteiger partial charge in [0.15, 0.2) is 0 Å². The van der Waals surface area contributed by atoms with E-state index in [4.69, 9.17) is 0 Å². The van der Waals surface area contributed by atoms with E-state index >= 15 is 0 Å². The summed E-state index contributed by atoms with van der Waals surface area (Å²) in [6, 6.07) is 16.1. The molecule has 2 aromatic rings. The summed E-state index contributed by atoms with van der Waals surface area (Å²) < 4.78 is 1.32. The summed E-state index contributed by atoms with van der Waals surface area (Å²) >= 11 is 0. The SMILES string of the molecule is CCCCCCCC[N+](CCCCCCCC)(CCCCCCCC)Cc1cccc2ccccc12. The van der Waals surface area contributed by atoms with Crippen molar-refractivity contribution in [2.45, 2.75) is 143 Å². The van der Waals surface area contributed by atoms with Crippen LogP contribution in [0.3, 0.4) is 0 Å². The molecule has 0 heterocycles. The van der Waals surface area contributed by atoms with Crippen molar-refractivity contribution in [2.24, 2.45) is 0 Å². The minimum atomic E-state index is 1.22. The van der Waals surface area contributed by atoms with Crippen LogP contribution in [-0.2, 0) is 6.54 Å². The molecule has 36 heavy (non-hydrogen) atoms. The molecule has 0 spiro atoms. The van der Waals surface area contributed by atoms with Crippen LogP contribution in [0.25, 0.3) is 10.8 Å². The number of hydrogen-bond acceptors (Lipinski definition) is 0. The van der Waals surface area contributed by atoms with Crippen molar-refractivity contribution in [1.82, 2.24) is 0 Å². The minimum absolute atomic E-state index is 1.22. The van der Waals surface area contributed by atoms with Crippen molar-refractivity contribution in [2.75, 3.05) is 19.6 Å².